The highest BCUT2D eigenvalue weighted by Gasteiger charge is 2.32. The van der Waals surface area contributed by atoms with Crippen molar-refractivity contribution in [3.05, 3.63) is 65.5 Å². The van der Waals surface area contributed by atoms with Crippen LogP contribution in [0.25, 0.3) is 0 Å². The number of benzene rings is 2. The highest BCUT2D eigenvalue weighted by molar-refractivity contribution is 7.92. The molecule has 1 heterocycles. The number of nitrogens with one attached hydrogen (secondary N) is 1. The van der Waals surface area contributed by atoms with Crippen molar-refractivity contribution in [1.29, 1.82) is 0 Å². The molecule has 0 saturated carbocycles. The molecule has 0 fully saturated rings. The average molecular weight is 403 g/mol. The summed E-state index contributed by atoms with van der Waals surface area (Å²) in [7, 11) is -3.35. The second-order valence-corrected chi connectivity index (χ2v) is 8.51. The number of hydrazone groups is 1. The molecule has 8 heteroatoms. The van der Waals surface area contributed by atoms with Crippen LogP contribution < -0.4 is 4.72 Å². The maximum Gasteiger partial charge on any atom is 0.242 e. The summed E-state index contributed by atoms with van der Waals surface area (Å²) in [6, 6.07) is 12.7. The van der Waals surface area contributed by atoms with Crippen LogP contribution in [0.5, 0.6) is 0 Å². The molecule has 0 bridgehead atoms. The monoisotopic (exact) mass is 403 g/mol. The zero-order valence-electron chi connectivity index (χ0n) is 15.7. The molecule has 0 aliphatic carbocycles. The van der Waals surface area contributed by atoms with Crippen molar-refractivity contribution < 1.29 is 17.6 Å². The van der Waals surface area contributed by atoms with Crippen molar-refractivity contribution in [2.24, 2.45) is 5.10 Å². The van der Waals surface area contributed by atoms with E-state index in [0.29, 0.717) is 29.8 Å². The molecular weight excluding hydrogens is 381 g/mol. The number of hydrogen-bond donors (Lipinski definition) is 1. The Labute approximate surface area is 164 Å². The van der Waals surface area contributed by atoms with Crippen LogP contribution in [0, 0.1) is 5.82 Å². The molecule has 2 aromatic rings. The fraction of sp³-hybridized carbons (Fsp3) is 0.300. The summed E-state index contributed by atoms with van der Waals surface area (Å²) in [6.07, 6.45) is 0.746. The zero-order valence-corrected chi connectivity index (χ0v) is 16.5. The molecule has 2 aromatic carbocycles. The molecule has 1 N–H and O–H groups in total. The number of hydrogen-bond acceptors (Lipinski definition) is 4. The first-order chi connectivity index (χ1) is 13.3. The first kappa shape index (κ1) is 20.0. The van der Waals surface area contributed by atoms with Crippen LogP contribution in [-0.2, 0) is 14.8 Å². The second-order valence-electron chi connectivity index (χ2n) is 6.50. The molecule has 148 valence electrons. The number of sulfonamides is 1. The van der Waals surface area contributed by atoms with Gasteiger partial charge in [0.15, 0.2) is 0 Å². The summed E-state index contributed by atoms with van der Waals surface area (Å²) in [6.45, 7) is 3.32. The van der Waals surface area contributed by atoms with Crippen molar-refractivity contribution in [3.8, 4) is 0 Å². The molecule has 0 spiro atoms. The van der Waals surface area contributed by atoms with Crippen LogP contribution in [0.15, 0.2) is 53.6 Å². The van der Waals surface area contributed by atoms with Gasteiger partial charge in [-0.15, -0.1) is 0 Å². The topological polar surface area (TPSA) is 78.8 Å². The molecule has 3 rings (SSSR count). The molecular formula is C20H22FN3O3S. The Morgan fingerprint density at radius 3 is 2.54 bits per heavy atom. The Balaban J connectivity index is 1.86. The maximum absolute atomic E-state index is 13.7. The van der Waals surface area contributed by atoms with Gasteiger partial charge < -0.3 is 0 Å². The standard InChI is InChI=1S/C20H22FN3O3S/c1-3-20(25)24-19(15-6-5-7-16(21)12-15)13-18(22-24)14-8-10-17(11-9-14)23-28(26,27)4-2/h5-12,19,23H,3-4,13H2,1-2H3. The third-order valence-corrected chi connectivity index (χ3v) is 5.88. The van der Waals surface area contributed by atoms with Gasteiger partial charge in [0.2, 0.25) is 15.9 Å². The van der Waals surface area contributed by atoms with E-state index in [-0.39, 0.29) is 23.5 Å². The Kier molecular flexibility index (Phi) is 5.79. The lowest BCUT2D eigenvalue weighted by atomic mass is 9.98. The SMILES string of the molecule is CCC(=O)N1N=C(c2ccc(NS(=O)(=O)CC)cc2)CC1c1cccc(F)c1. The van der Waals surface area contributed by atoms with E-state index in [0.717, 1.165) is 5.56 Å². The van der Waals surface area contributed by atoms with Crippen LogP contribution in [0.2, 0.25) is 0 Å². The van der Waals surface area contributed by atoms with Crippen molar-refractivity contribution >= 4 is 27.3 Å². The predicted molar refractivity (Wildman–Crippen MR) is 107 cm³/mol. The number of amides is 1. The van der Waals surface area contributed by atoms with E-state index in [1.807, 2.05) is 0 Å². The van der Waals surface area contributed by atoms with E-state index in [1.165, 1.54) is 17.1 Å². The summed E-state index contributed by atoms with van der Waals surface area (Å²) >= 11 is 0. The van der Waals surface area contributed by atoms with E-state index in [4.69, 9.17) is 0 Å². The Hall–Kier alpha value is -2.74. The third kappa shape index (κ3) is 4.39. The molecule has 0 saturated heterocycles. The van der Waals surface area contributed by atoms with Crippen LogP contribution in [0.1, 0.15) is 43.9 Å². The third-order valence-electron chi connectivity index (χ3n) is 4.57. The highest BCUT2D eigenvalue weighted by Crippen LogP contribution is 2.33. The van der Waals surface area contributed by atoms with E-state index >= 15 is 0 Å². The van der Waals surface area contributed by atoms with Gasteiger partial charge in [0, 0.05) is 18.5 Å². The van der Waals surface area contributed by atoms with Crippen molar-refractivity contribution in [3.63, 3.8) is 0 Å². The van der Waals surface area contributed by atoms with E-state index in [2.05, 4.69) is 9.82 Å². The van der Waals surface area contributed by atoms with E-state index < -0.39 is 10.0 Å². The first-order valence-electron chi connectivity index (χ1n) is 9.09. The molecule has 1 aliphatic rings. The number of rotatable bonds is 6. The van der Waals surface area contributed by atoms with Crippen LogP contribution >= 0.6 is 0 Å². The van der Waals surface area contributed by atoms with Gasteiger partial charge in [0.05, 0.1) is 17.5 Å². The highest BCUT2D eigenvalue weighted by atomic mass is 32.2. The molecule has 1 amide bonds. The molecule has 0 aromatic heterocycles. The van der Waals surface area contributed by atoms with Crippen molar-refractivity contribution in [2.75, 3.05) is 10.5 Å². The maximum atomic E-state index is 13.7. The van der Waals surface area contributed by atoms with Gasteiger partial charge in [0.1, 0.15) is 5.82 Å². The second kappa shape index (κ2) is 8.10. The smallest absolute Gasteiger partial charge is 0.242 e. The minimum atomic E-state index is -3.35. The van der Waals surface area contributed by atoms with Crippen LogP contribution in [-0.4, -0.2) is 30.8 Å². The van der Waals surface area contributed by atoms with Gasteiger partial charge in [-0.3, -0.25) is 9.52 Å². The van der Waals surface area contributed by atoms with E-state index in [1.54, 1.807) is 50.2 Å². The van der Waals surface area contributed by atoms with Crippen LogP contribution in [0.3, 0.4) is 0 Å². The first-order valence-corrected chi connectivity index (χ1v) is 10.7. The fourth-order valence-electron chi connectivity index (χ4n) is 3.03. The average Bonchev–Trinajstić information content (AvgIpc) is 3.13. The summed E-state index contributed by atoms with van der Waals surface area (Å²) in [5, 5.41) is 5.89. The lowest BCUT2D eigenvalue weighted by Crippen LogP contribution is -2.26. The Bertz CT molecular complexity index is 1000. The van der Waals surface area contributed by atoms with Gasteiger partial charge in [-0.05, 0) is 42.3 Å². The molecule has 1 atom stereocenters. The molecule has 6 nitrogen and oxygen atoms in total. The Morgan fingerprint density at radius 1 is 1.21 bits per heavy atom. The fourth-order valence-corrected chi connectivity index (χ4v) is 3.67. The summed E-state index contributed by atoms with van der Waals surface area (Å²) in [5.41, 5.74) is 2.63. The zero-order chi connectivity index (χ0) is 20.3. The van der Waals surface area contributed by atoms with E-state index in [9.17, 15) is 17.6 Å². The van der Waals surface area contributed by atoms with Crippen LogP contribution in [0.4, 0.5) is 10.1 Å². The number of carbonyl (C=O) groups is 1. The Morgan fingerprint density at radius 2 is 1.93 bits per heavy atom. The number of anilines is 1. The normalized spacial score (nSPS) is 16.8. The number of halogens is 1. The number of carbonyl (C=O) groups excluding carboxylic acids is 1. The van der Waals surface area contributed by atoms with Crippen molar-refractivity contribution in [1.82, 2.24) is 5.01 Å². The largest absolute Gasteiger partial charge is 0.284 e. The summed E-state index contributed by atoms with van der Waals surface area (Å²) in [5.74, 6) is -0.510. The summed E-state index contributed by atoms with van der Waals surface area (Å²) in [4.78, 5) is 12.4. The molecule has 1 unspecified atom stereocenters. The van der Waals surface area contributed by atoms with Gasteiger partial charge in [-0.1, -0.05) is 31.2 Å². The number of nitrogens with zero attached hydrogens (tertiary/aromatic N) is 2. The summed E-state index contributed by atoms with van der Waals surface area (Å²) < 4.78 is 39.5. The molecule has 1 aliphatic heterocycles. The van der Waals surface area contributed by atoms with Gasteiger partial charge in [0.25, 0.3) is 0 Å². The predicted octanol–water partition coefficient (Wildman–Crippen LogP) is 3.68. The lowest BCUT2D eigenvalue weighted by Gasteiger charge is -2.21. The van der Waals surface area contributed by atoms with Gasteiger partial charge in [-0.2, -0.15) is 5.10 Å². The van der Waals surface area contributed by atoms with Crippen molar-refractivity contribution in [2.45, 2.75) is 32.7 Å². The lowest BCUT2D eigenvalue weighted by molar-refractivity contribution is -0.132. The minimum Gasteiger partial charge on any atom is -0.284 e. The minimum absolute atomic E-state index is 0.00906. The van der Waals surface area contributed by atoms with Gasteiger partial charge in [-0.25, -0.2) is 17.8 Å². The molecule has 0 radical (unpaired) electrons. The molecule has 28 heavy (non-hydrogen) atoms. The quantitative estimate of drug-likeness (QED) is 0.799. The van der Waals surface area contributed by atoms with Gasteiger partial charge >= 0.3 is 0 Å².